The van der Waals surface area contributed by atoms with Crippen molar-refractivity contribution >= 4 is 27.3 Å². The zero-order valence-corrected chi connectivity index (χ0v) is 12.2. The predicted molar refractivity (Wildman–Crippen MR) is 72.5 cm³/mol. The first-order valence-electron chi connectivity index (χ1n) is 5.65. The molecule has 0 amide bonds. The Labute approximate surface area is 105 Å². The second-order valence-electron chi connectivity index (χ2n) is 3.90. The van der Waals surface area contributed by atoms with E-state index in [0.717, 1.165) is 6.54 Å². The lowest BCUT2D eigenvalue weighted by Gasteiger charge is -2.31. The number of nitrogens with one attached hydrogen (secondary N) is 1. The molecule has 1 heterocycles. The number of rotatable bonds is 6. The highest BCUT2D eigenvalue weighted by Crippen LogP contribution is 2.24. The van der Waals surface area contributed by atoms with Gasteiger partial charge in [-0.05, 0) is 47.3 Å². The fourth-order valence-corrected chi connectivity index (χ4v) is 3.27. The molecule has 1 rings (SSSR count). The fourth-order valence-electron chi connectivity index (χ4n) is 1.85. The molecule has 86 valence electrons. The minimum Gasteiger partial charge on any atom is -0.306 e. The Bertz CT molecular complexity index is 283. The lowest BCUT2D eigenvalue weighted by Crippen LogP contribution is -2.42. The molecular formula is C12H20BrNS. The van der Waals surface area contributed by atoms with E-state index in [-0.39, 0.29) is 0 Å². The minimum atomic E-state index is 0.330. The van der Waals surface area contributed by atoms with Gasteiger partial charge < -0.3 is 5.32 Å². The third kappa shape index (κ3) is 3.58. The van der Waals surface area contributed by atoms with Crippen molar-refractivity contribution in [2.75, 3.05) is 0 Å². The van der Waals surface area contributed by atoms with E-state index in [0.29, 0.717) is 5.54 Å². The van der Waals surface area contributed by atoms with Gasteiger partial charge >= 0.3 is 0 Å². The molecule has 0 spiro atoms. The van der Waals surface area contributed by atoms with Crippen molar-refractivity contribution in [2.24, 2.45) is 0 Å². The molecule has 1 aromatic heterocycles. The van der Waals surface area contributed by atoms with E-state index in [9.17, 15) is 0 Å². The molecule has 1 aromatic rings. The Morgan fingerprint density at radius 2 is 1.80 bits per heavy atom. The zero-order chi connectivity index (χ0) is 11.3. The smallest absolute Gasteiger partial charge is 0.0701 e. The van der Waals surface area contributed by atoms with Crippen molar-refractivity contribution in [3.05, 3.63) is 20.8 Å². The maximum atomic E-state index is 3.70. The molecule has 0 aliphatic carbocycles. The molecule has 0 aliphatic heterocycles. The Kier molecular flexibility index (Phi) is 5.30. The summed E-state index contributed by atoms with van der Waals surface area (Å²) in [6, 6.07) is 4.31. The average Bonchev–Trinajstić information content (AvgIpc) is 2.67. The van der Waals surface area contributed by atoms with Crippen molar-refractivity contribution in [1.29, 1.82) is 0 Å². The molecule has 0 unspecified atom stereocenters. The van der Waals surface area contributed by atoms with Gasteiger partial charge in [-0.1, -0.05) is 20.8 Å². The first-order valence-corrected chi connectivity index (χ1v) is 7.26. The molecule has 0 bridgehead atoms. The first kappa shape index (κ1) is 13.2. The molecule has 0 aromatic carbocycles. The quantitative estimate of drug-likeness (QED) is 0.809. The van der Waals surface area contributed by atoms with E-state index in [4.69, 9.17) is 0 Å². The molecule has 3 heteroatoms. The van der Waals surface area contributed by atoms with Crippen LogP contribution in [0.3, 0.4) is 0 Å². The van der Waals surface area contributed by atoms with Gasteiger partial charge in [0.2, 0.25) is 0 Å². The topological polar surface area (TPSA) is 12.0 Å². The van der Waals surface area contributed by atoms with Gasteiger partial charge in [-0.25, -0.2) is 0 Å². The lowest BCUT2D eigenvalue weighted by atomic mass is 9.90. The average molecular weight is 290 g/mol. The third-order valence-corrected chi connectivity index (χ3v) is 4.92. The van der Waals surface area contributed by atoms with Gasteiger partial charge in [-0.3, -0.25) is 0 Å². The number of hydrogen-bond acceptors (Lipinski definition) is 2. The van der Waals surface area contributed by atoms with Gasteiger partial charge in [0.15, 0.2) is 0 Å². The molecule has 0 fully saturated rings. The second-order valence-corrected chi connectivity index (χ2v) is 6.45. The molecular weight excluding hydrogens is 270 g/mol. The van der Waals surface area contributed by atoms with Crippen LogP contribution >= 0.6 is 27.3 Å². The summed E-state index contributed by atoms with van der Waals surface area (Å²) in [5.74, 6) is 0. The van der Waals surface area contributed by atoms with Crippen LogP contribution in [0.1, 0.15) is 44.9 Å². The van der Waals surface area contributed by atoms with E-state index in [1.165, 1.54) is 27.9 Å². The highest BCUT2D eigenvalue weighted by Gasteiger charge is 2.22. The highest BCUT2D eigenvalue weighted by atomic mass is 79.9. The van der Waals surface area contributed by atoms with Crippen molar-refractivity contribution in [1.82, 2.24) is 5.32 Å². The van der Waals surface area contributed by atoms with Crippen LogP contribution in [-0.4, -0.2) is 5.54 Å². The van der Waals surface area contributed by atoms with E-state index in [2.05, 4.69) is 54.2 Å². The van der Waals surface area contributed by atoms with E-state index < -0.39 is 0 Å². The first-order chi connectivity index (χ1) is 7.15. The van der Waals surface area contributed by atoms with E-state index >= 15 is 0 Å². The standard InChI is InChI=1S/C12H20BrNS/c1-4-12(5-2,6-3)14-9-10-7-8-11(13)15-10/h7-8,14H,4-6,9H2,1-3H3. The van der Waals surface area contributed by atoms with Gasteiger partial charge in [0.05, 0.1) is 3.79 Å². The monoisotopic (exact) mass is 289 g/mol. The maximum absolute atomic E-state index is 3.70. The molecule has 1 nitrogen and oxygen atoms in total. The van der Waals surface area contributed by atoms with Crippen molar-refractivity contribution in [2.45, 2.75) is 52.1 Å². The summed E-state index contributed by atoms with van der Waals surface area (Å²) in [4.78, 5) is 1.40. The van der Waals surface area contributed by atoms with Crippen LogP contribution in [0.4, 0.5) is 0 Å². The maximum Gasteiger partial charge on any atom is 0.0701 e. The van der Waals surface area contributed by atoms with Crippen LogP contribution in [0.25, 0.3) is 0 Å². The van der Waals surface area contributed by atoms with Crippen molar-refractivity contribution in [3.8, 4) is 0 Å². The molecule has 0 aliphatic rings. The molecule has 0 saturated heterocycles. The Hall–Kier alpha value is 0.140. The summed E-state index contributed by atoms with van der Waals surface area (Å²) in [5, 5.41) is 3.70. The number of thiophene rings is 1. The summed E-state index contributed by atoms with van der Waals surface area (Å²) < 4.78 is 1.22. The second kappa shape index (κ2) is 6.02. The van der Waals surface area contributed by atoms with Crippen molar-refractivity contribution in [3.63, 3.8) is 0 Å². The Morgan fingerprint density at radius 3 is 2.20 bits per heavy atom. The lowest BCUT2D eigenvalue weighted by molar-refractivity contribution is 0.289. The SMILES string of the molecule is CCC(CC)(CC)NCc1ccc(Br)s1. The van der Waals surface area contributed by atoms with Gasteiger partial charge in [0, 0.05) is 17.0 Å². The van der Waals surface area contributed by atoms with Crippen LogP contribution < -0.4 is 5.32 Å². The van der Waals surface area contributed by atoms with Gasteiger partial charge in [0.25, 0.3) is 0 Å². The summed E-state index contributed by atoms with van der Waals surface area (Å²) >= 11 is 5.31. The zero-order valence-electron chi connectivity index (χ0n) is 9.77. The van der Waals surface area contributed by atoms with E-state index in [1.54, 1.807) is 0 Å². The third-order valence-electron chi connectivity index (χ3n) is 3.30. The van der Waals surface area contributed by atoms with Crippen LogP contribution in [-0.2, 0) is 6.54 Å². The largest absolute Gasteiger partial charge is 0.306 e. The summed E-state index contributed by atoms with van der Waals surface area (Å²) in [6.45, 7) is 7.80. The number of halogens is 1. The summed E-state index contributed by atoms with van der Waals surface area (Å²) in [6.07, 6.45) is 3.60. The van der Waals surface area contributed by atoms with Gasteiger partial charge in [0.1, 0.15) is 0 Å². The predicted octanol–water partition coefficient (Wildman–Crippen LogP) is 4.57. The van der Waals surface area contributed by atoms with Gasteiger partial charge in [-0.15, -0.1) is 11.3 Å². The summed E-state index contributed by atoms with van der Waals surface area (Å²) in [5.41, 5.74) is 0.330. The van der Waals surface area contributed by atoms with Crippen LogP contribution in [0.15, 0.2) is 15.9 Å². The molecule has 1 N–H and O–H groups in total. The van der Waals surface area contributed by atoms with E-state index in [1.807, 2.05) is 11.3 Å². The van der Waals surface area contributed by atoms with Crippen LogP contribution in [0.5, 0.6) is 0 Å². The van der Waals surface area contributed by atoms with Crippen molar-refractivity contribution < 1.29 is 0 Å². The molecule has 0 radical (unpaired) electrons. The molecule has 0 saturated carbocycles. The number of hydrogen-bond donors (Lipinski definition) is 1. The van der Waals surface area contributed by atoms with Gasteiger partial charge in [-0.2, -0.15) is 0 Å². The summed E-state index contributed by atoms with van der Waals surface area (Å²) in [7, 11) is 0. The van der Waals surface area contributed by atoms with Crippen LogP contribution in [0.2, 0.25) is 0 Å². The highest BCUT2D eigenvalue weighted by molar-refractivity contribution is 9.11. The normalized spacial score (nSPS) is 12.0. The fraction of sp³-hybridized carbons (Fsp3) is 0.667. The Morgan fingerprint density at radius 1 is 1.20 bits per heavy atom. The van der Waals surface area contributed by atoms with Crippen LogP contribution in [0, 0.1) is 0 Å². The molecule has 0 atom stereocenters. The molecule has 15 heavy (non-hydrogen) atoms. The Balaban J connectivity index is 2.54. The minimum absolute atomic E-state index is 0.330.